The lowest BCUT2D eigenvalue weighted by Gasteiger charge is -2.12. The molecule has 3 atom stereocenters. The zero-order chi connectivity index (χ0) is 21.9. The number of carboxylic acids is 1. The number of carboxylic acid groups (broad SMARTS) is 1. The van der Waals surface area contributed by atoms with Crippen molar-refractivity contribution in [1.29, 1.82) is 0 Å². The molecule has 164 valence electrons. The largest absolute Gasteiger partial charge is 0.481 e. The lowest BCUT2D eigenvalue weighted by atomic mass is 9.96. The molecule has 0 bridgehead atoms. The number of aliphatic carboxylic acids is 1. The molecule has 3 N–H and O–H groups in total. The highest BCUT2D eigenvalue weighted by Gasteiger charge is 2.34. The molecule has 0 aliphatic heterocycles. The zero-order valence-electron chi connectivity index (χ0n) is 17.5. The first kappa shape index (κ1) is 24.0. The molecule has 1 saturated carbocycles. The maximum Gasteiger partial charge on any atom is 0.303 e. The Morgan fingerprint density at radius 1 is 1.27 bits per heavy atom. The SMILES string of the molecule is COCc1cccc(C[C@H](O)/C=C/[C@@H]2/C(=C/CCCCCC(=O)O)C(=O)C[C@H]2O)c1. The molecule has 0 spiro atoms. The Balaban J connectivity index is 1.92. The van der Waals surface area contributed by atoms with Crippen molar-refractivity contribution in [1.82, 2.24) is 0 Å². The Hall–Kier alpha value is -2.28. The number of Topliss-reactive ketones (excluding diaryl/α,β-unsaturated/α-hetero) is 1. The molecular formula is C24H32O6. The van der Waals surface area contributed by atoms with Crippen molar-refractivity contribution in [3.05, 3.63) is 59.2 Å². The number of hydrogen-bond donors (Lipinski definition) is 3. The van der Waals surface area contributed by atoms with Crippen molar-refractivity contribution in [3.63, 3.8) is 0 Å². The van der Waals surface area contributed by atoms with Crippen LogP contribution in [0.4, 0.5) is 0 Å². The smallest absolute Gasteiger partial charge is 0.303 e. The van der Waals surface area contributed by atoms with E-state index in [1.165, 1.54) is 0 Å². The molecule has 1 aliphatic carbocycles. The maximum absolute atomic E-state index is 12.2. The molecule has 0 saturated heterocycles. The number of carbonyl (C=O) groups is 2. The molecular weight excluding hydrogens is 384 g/mol. The monoisotopic (exact) mass is 416 g/mol. The fourth-order valence-electron chi connectivity index (χ4n) is 3.74. The third-order valence-corrected chi connectivity index (χ3v) is 5.24. The summed E-state index contributed by atoms with van der Waals surface area (Å²) in [5, 5.41) is 29.3. The van der Waals surface area contributed by atoms with Gasteiger partial charge in [-0.2, -0.15) is 0 Å². The third-order valence-electron chi connectivity index (χ3n) is 5.24. The first-order valence-corrected chi connectivity index (χ1v) is 10.5. The van der Waals surface area contributed by atoms with E-state index >= 15 is 0 Å². The molecule has 0 heterocycles. The average Bonchev–Trinajstić information content (AvgIpc) is 2.95. The van der Waals surface area contributed by atoms with Crippen molar-refractivity contribution in [3.8, 4) is 0 Å². The van der Waals surface area contributed by atoms with Gasteiger partial charge in [-0.1, -0.05) is 48.9 Å². The summed E-state index contributed by atoms with van der Waals surface area (Å²) in [6.07, 6.45) is 7.32. The van der Waals surface area contributed by atoms with Crippen molar-refractivity contribution >= 4 is 11.8 Å². The molecule has 1 aromatic carbocycles. The molecule has 1 fully saturated rings. The summed E-state index contributed by atoms with van der Waals surface area (Å²) in [4.78, 5) is 22.8. The number of carbonyl (C=O) groups excluding carboxylic acids is 1. The third kappa shape index (κ3) is 7.86. The number of ether oxygens (including phenoxy) is 1. The van der Waals surface area contributed by atoms with Gasteiger partial charge in [-0.05, 0) is 30.4 Å². The van der Waals surface area contributed by atoms with E-state index in [9.17, 15) is 19.8 Å². The van der Waals surface area contributed by atoms with E-state index in [2.05, 4.69) is 0 Å². The highest BCUT2D eigenvalue weighted by molar-refractivity contribution is 5.99. The van der Waals surface area contributed by atoms with E-state index in [4.69, 9.17) is 9.84 Å². The van der Waals surface area contributed by atoms with E-state index in [1.54, 1.807) is 19.3 Å². The van der Waals surface area contributed by atoms with E-state index in [0.717, 1.165) is 24.0 Å². The van der Waals surface area contributed by atoms with Crippen LogP contribution in [-0.4, -0.2) is 46.4 Å². The summed E-state index contributed by atoms with van der Waals surface area (Å²) in [5.41, 5.74) is 2.62. The molecule has 2 rings (SSSR count). The highest BCUT2D eigenvalue weighted by atomic mass is 16.5. The van der Waals surface area contributed by atoms with Gasteiger partial charge in [0.05, 0.1) is 18.8 Å². The minimum Gasteiger partial charge on any atom is -0.481 e. The highest BCUT2D eigenvalue weighted by Crippen LogP contribution is 2.30. The number of allylic oxidation sites excluding steroid dienone is 1. The summed E-state index contributed by atoms with van der Waals surface area (Å²) >= 11 is 0. The number of aliphatic hydroxyl groups is 2. The molecule has 30 heavy (non-hydrogen) atoms. The number of rotatable bonds is 12. The number of benzene rings is 1. The van der Waals surface area contributed by atoms with Gasteiger partial charge in [0.2, 0.25) is 0 Å². The van der Waals surface area contributed by atoms with Gasteiger partial charge in [0.1, 0.15) is 0 Å². The van der Waals surface area contributed by atoms with Crippen LogP contribution in [0, 0.1) is 5.92 Å². The van der Waals surface area contributed by atoms with Crippen molar-refractivity contribution < 1.29 is 29.6 Å². The van der Waals surface area contributed by atoms with Gasteiger partial charge in [-0.25, -0.2) is 0 Å². The fraction of sp³-hybridized carbons (Fsp3) is 0.500. The van der Waals surface area contributed by atoms with Gasteiger partial charge in [0.15, 0.2) is 5.78 Å². The molecule has 0 aromatic heterocycles. The molecule has 0 unspecified atom stereocenters. The Kier molecular flexibility index (Phi) is 9.94. The topological polar surface area (TPSA) is 104 Å². The Bertz CT molecular complexity index is 767. The van der Waals surface area contributed by atoms with Gasteiger partial charge < -0.3 is 20.1 Å². The van der Waals surface area contributed by atoms with Crippen LogP contribution in [0.3, 0.4) is 0 Å². The van der Waals surface area contributed by atoms with Crippen molar-refractivity contribution in [2.24, 2.45) is 5.92 Å². The Morgan fingerprint density at radius 2 is 2.03 bits per heavy atom. The summed E-state index contributed by atoms with van der Waals surface area (Å²) in [5.74, 6) is -1.27. The quantitative estimate of drug-likeness (QED) is 0.275. The molecule has 0 amide bonds. The number of unbranched alkanes of at least 4 members (excludes halogenated alkanes) is 3. The van der Waals surface area contributed by atoms with E-state index < -0.39 is 24.1 Å². The second-order valence-electron chi connectivity index (χ2n) is 7.78. The summed E-state index contributed by atoms with van der Waals surface area (Å²) in [6, 6.07) is 7.83. The Labute approximate surface area is 177 Å². The van der Waals surface area contributed by atoms with Crippen LogP contribution in [0.5, 0.6) is 0 Å². The molecule has 0 radical (unpaired) electrons. The maximum atomic E-state index is 12.2. The van der Waals surface area contributed by atoms with Crippen molar-refractivity contribution in [2.45, 2.75) is 63.8 Å². The van der Waals surface area contributed by atoms with Crippen LogP contribution in [0.15, 0.2) is 48.1 Å². The van der Waals surface area contributed by atoms with Crippen LogP contribution in [0.1, 0.15) is 49.7 Å². The average molecular weight is 417 g/mol. The van der Waals surface area contributed by atoms with Crippen molar-refractivity contribution in [2.75, 3.05) is 7.11 Å². The van der Waals surface area contributed by atoms with Gasteiger partial charge in [0.25, 0.3) is 0 Å². The molecule has 1 aliphatic rings. The van der Waals surface area contributed by atoms with E-state index in [-0.39, 0.29) is 18.6 Å². The Morgan fingerprint density at radius 3 is 2.77 bits per heavy atom. The van der Waals surface area contributed by atoms with Crippen LogP contribution < -0.4 is 0 Å². The summed E-state index contributed by atoms with van der Waals surface area (Å²) < 4.78 is 5.13. The minimum atomic E-state index is -0.795. The number of hydrogen-bond acceptors (Lipinski definition) is 5. The van der Waals surface area contributed by atoms with Crippen LogP contribution in [-0.2, 0) is 27.4 Å². The van der Waals surface area contributed by atoms with Gasteiger partial charge >= 0.3 is 5.97 Å². The van der Waals surface area contributed by atoms with Crippen LogP contribution in [0.25, 0.3) is 0 Å². The van der Waals surface area contributed by atoms with Gasteiger partial charge in [0, 0.05) is 37.9 Å². The first-order chi connectivity index (χ1) is 14.4. The van der Waals surface area contributed by atoms with Crippen LogP contribution in [0.2, 0.25) is 0 Å². The lowest BCUT2D eigenvalue weighted by Crippen LogP contribution is -2.14. The zero-order valence-corrected chi connectivity index (χ0v) is 17.5. The second kappa shape index (κ2) is 12.4. The van der Waals surface area contributed by atoms with Gasteiger partial charge in [-0.15, -0.1) is 0 Å². The predicted octanol–water partition coefficient (Wildman–Crippen LogP) is 3.20. The number of ketones is 1. The summed E-state index contributed by atoms with van der Waals surface area (Å²) in [7, 11) is 1.64. The normalized spacial score (nSPS) is 21.6. The number of methoxy groups -OCH3 is 1. The van der Waals surface area contributed by atoms with Crippen LogP contribution >= 0.6 is 0 Å². The standard InChI is InChI=1S/C24H32O6/c1-30-16-18-8-6-7-17(13-18)14-19(25)11-12-21-20(22(26)15-23(21)27)9-4-2-3-5-10-24(28)29/h6-9,11-13,19,21,23,25,27H,2-5,10,14-16H2,1H3,(H,28,29)/b12-11+,20-9-/t19-,21-,23-/m1/s1. The molecule has 1 aromatic rings. The predicted molar refractivity (Wildman–Crippen MR) is 114 cm³/mol. The van der Waals surface area contributed by atoms with E-state index in [1.807, 2.05) is 30.3 Å². The fourth-order valence-corrected chi connectivity index (χ4v) is 3.74. The number of aliphatic hydroxyl groups excluding tert-OH is 2. The van der Waals surface area contributed by atoms with E-state index in [0.29, 0.717) is 31.4 Å². The molecule has 6 heteroatoms. The molecule has 6 nitrogen and oxygen atoms in total. The first-order valence-electron chi connectivity index (χ1n) is 10.5. The minimum absolute atomic E-state index is 0.0653. The second-order valence-corrected chi connectivity index (χ2v) is 7.78. The lowest BCUT2D eigenvalue weighted by molar-refractivity contribution is -0.137. The summed E-state index contributed by atoms with van der Waals surface area (Å²) in [6.45, 7) is 0.514. The van der Waals surface area contributed by atoms with Gasteiger partial charge in [-0.3, -0.25) is 9.59 Å².